The van der Waals surface area contributed by atoms with Crippen molar-refractivity contribution in [3.8, 4) is 11.5 Å². The Hall–Kier alpha value is -2.49. The first-order valence-electron chi connectivity index (χ1n) is 8.21. The summed E-state index contributed by atoms with van der Waals surface area (Å²) < 4.78 is 10.5. The van der Waals surface area contributed by atoms with Gasteiger partial charge in [0.25, 0.3) is 5.91 Å². The van der Waals surface area contributed by atoms with Gasteiger partial charge in [0.1, 0.15) is 11.5 Å². The van der Waals surface area contributed by atoms with Gasteiger partial charge >= 0.3 is 0 Å². The van der Waals surface area contributed by atoms with E-state index < -0.39 is 0 Å². The minimum absolute atomic E-state index is 0.0512. The van der Waals surface area contributed by atoms with Crippen LogP contribution >= 0.6 is 0 Å². The number of carbonyl (C=O) groups excluding carboxylic acids is 1. The van der Waals surface area contributed by atoms with Crippen molar-refractivity contribution in [1.82, 2.24) is 5.32 Å². The second kappa shape index (κ2) is 6.95. The molecule has 0 heterocycles. The van der Waals surface area contributed by atoms with E-state index in [9.17, 15) is 4.79 Å². The van der Waals surface area contributed by atoms with Crippen molar-refractivity contribution in [2.75, 3.05) is 14.2 Å². The Kier molecular flexibility index (Phi) is 4.74. The van der Waals surface area contributed by atoms with Gasteiger partial charge in [-0.2, -0.15) is 0 Å². The number of hydrogen-bond acceptors (Lipinski definition) is 3. The van der Waals surface area contributed by atoms with Gasteiger partial charge in [-0.25, -0.2) is 0 Å². The highest BCUT2D eigenvalue weighted by Crippen LogP contribution is 2.41. The molecule has 0 unspecified atom stereocenters. The van der Waals surface area contributed by atoms with E-state index in [2.05, 4.69) is 36.5 Å². The first kappa shape index (κ1) is 16.4. The highest BCUT2D eigenvalue weighted by molar-refractivity contribution is 5.95. The van der Waals surface area contributed by atoms with Crippen LogP contribution < -0.4 is 14.8 Å². The Labute approximate surface area is 142 Å². The zero-order chi connectivity index (χ0) is 17.1. The van der Waals surface area contributed by atoms with Gasteiger partial charge in [-0.1, -0.05) is 29.8 Å². The molecular weight excluding hydrogens is 302 g/mol. The summed E-state index contributed by atoms with van der Waals surface area (Å²) in [6.45, 7) is 2.07. The predicted molar refractivity (Wildman–Crippen MR) is 93.7 cm³/mol. The molecule has 1 aliphatic carbocycles. The van der Waals surface area contributed by atoms with Crippen molar-refractivity contribution in [2.45, 2.75) is 25.8 Å². The highest BCUT2D eigenvalue weighted by Gasteiger charge is 2.33. The Morgan fingerprint density at radius 3 is 2.12 bits per heavy atom. The molecule has 24 heavy (non-hydrogen) atoms. The molecule has 1 aliphatic rings. The number of methoxy groups -OCH3 is 2. The Balaban J connectivity index is 1.82. The fourth-order valence-electron chi connectivity index (χ4n) is 2.84. The van der Waals surface area contributed by atoms with Crippen LogP contribution in [0.3, 0.4) is 0 Å². The third-order valence-corrected chi connectivity index (χ3v) is 4.43. The molecule has 0 spiro atoms. The van der Waals surface area contributed by atoms with E-state index in [4.69, 9.17) is 9.47 Å². The molecule has 0 bridgehead atoms. The van der Waals surface area contributed by atoms with Crippen LogP contribution in [-0.2, 0) is 0 Å². The molecular formula is C20H23NO3. The molecule has 0 saturated heterocycles. The molecule has 1 atom stereocenters. The lowest BCUT2D eigenvalue weighted by molar-refractivity contribution is 0.0931. The molecule has 4 nitrogen and oxygen atoms in total. The van der Waals surface area contributed by atoms with E-state index in [1.54, 1.807) is 32.4 Å². The maximum Gasteiger partial charge on any atom is 0.252 e. The molecule has 1 fully saturated rings. The van der Waals surface area contributed by atoms with E-state index >= 15 is 0 Å². The smallest absolute Gasteiger partial charge is 0.252 e. The summed E-state index contributed by atoms with van der Waals surface area (Å²) in [4.78, 5) is 12.7. The Morgan fingerprint density at radius 1 is 1.04 bits per heavy atom. The number of benzene rings is 2. The molecule has 1 saturated carbocycles. The van der Waals surface area contributed by atoms with Gasteiger partial charge in [0.15, 0.2) is 0 Å². The van der Waals surface area contributed by atoms with Crippen molar-refractivity contribution in [1.29, 1.82) is 0 Å². The minimum atomic E-state index is -0.107. The van der Waals surface area contributed by atoms with Gasteiger partial charge in [0.05, 0.1) is 20.3 Å². The number of nitrogens with one attached hydrogen (secondary N) is 1. The largest absolute Gasteiger partial charge is 0.497 e. The summed E-state index contributed by atoms with van der Waals surface area (Å²) >= 11 is 0. The van der Waals surface area contributed by atoms with Crippen LogP contribution in [0.1, 0.15) is 40.4 Å². The predicted octanol–water partition coefficient (Wildman–Crippen LogP) is 3.89. The summed E-state index contributed by atoms with van der Waals surface area (Å²) in [5.41, 5.74) is 2.92. The number of ether oxygens (including phenoxy) is 2. The van der Waals surface area contributed by atoms with Gasteiger partial charge in [-0.15, -0.1) is 0 Å². The average molecular weight is 325 g/mol. The van der Waals surface area contributed by atoms with Crippen LogP contribution in [-0.4, -0.2) is 20.1 Å². The van der Waals surface area contributed by atoms with Crippen molar-refractivity contribution in [3.63, 3.8) is 0 Å². The van der Waals surface area contributed by atoms with Crippen LogP contribution in [0.5, 0.6) is 11.5 Å². The molecule has 2 aromatic rings. The number of aryl methyl sites for hydroxylation is 1. The molecule has 2 aromatic carbocycles. The molecule has 0 radical (unpaired) electrons. The van der Waals surface area contributed by atoms with Gasteiger partial charge in [-0.3, -0.25) is 4.79 Å². The lowest BCUT2D eigenvalue weighted by atomic mass is 10.0. The van der Waals surface area contributed by atoms with Crippen molar-refractivity contribution in [2.24, 2.45) is 5.92 Å². The summed E-state index contributed by atoms with van der Waals surface area (Å²) in [5, 5.41) is 3.18. The van der Waals surface area contributed by atoms with Gasteiger partial charge in [0.2, 0.25) is 0 Å². The van der Waals surface area contributed by atoms with E-state index in [-0.39, 0.29) is 11.9 Å². The molecule has 0 aromatic heterocycles. The van der Waals surface area contributed by atoms with E-state index in [0.717, 1.165) is 18.4 Å². The fourth-order valence-corrected chi connectivity index (χ4v) is 2.84. The summed E-state index contributed by atoms with van der Waals surface area (Å²) in [5.74, 6) is 1.63. The zero-order valence-corrected chi connectivity index (χ0v) is 14.3. The third-order valence-electron chi connectivity index (χ3n) is 4.43. The maximum absolute atomic E-state index is 12.7. The van der Waals surface area contributed by atoms with E-state index in [1.165, 1.54) is 5.56 Å². The molecule has 126 valence electrons. The van der Waals surface area contributed by atoms with Gasteiger partial charge in [0, 0.05) is 11.6 Å². The second-order valence-corrected chi connectivity index (χ2v) is 6.30. The number of carbonyl (C=O) groups is 1. The maximum atomic E-state index is 12.7. The highest BCUT2D eigenvalue weighted by atomic mass is 16.5. The van der Waals surface area contributed by atoms with E-state index in [0.29, 0.717) is 23.0 Å². The topological polar surface area (TPSA) is 47.6 Å². The van der Waals surface area contributed by atoms with Crippen molar-refractivity contribution >= 4 is 5.91 Å². The van der Waals surface area contributed by atoms with Crippen molar-refractivity contribution < 1.29 is 14.3 Å². The minimum Gasteiger partial charge on any atom is -0.497 e. The van der Waals surface area contributed by atoms with Crippen LogP contribution in [0.25, 0.3) is 0 Å². The van der Waals surface area contributed by atoms with Crippen LogP contribution in [0, 0.1) is 12.8 Å². The standard InChI is InChI=1S/C20H23NO3/c1-13-4-6-14(7-5-13)19(15-8-9-15)21-20(22)16-10-17(23-2)12-18(11-16)24-3/h4-7,10-12,15,19H,8-9H2,1-3H3,(H,21,22)/t19-/m0/s1. The number of amides is 1. The lowest BCUT2D eigenvalue weighted by Gasteiger charge is -2.19. The molecule has 4 heteroatoms. The van der Waals surface area contributed by atoms with Crippen molar-refractivity contribution in [3.05, 3.63) is 59.2 Å². The van der Waals surface area contributed by atoms with Crippen LogP contribution in [0.15, 0.2) is 42.5 Å². The SMILES string of the molecule is COc1cc(OC)cc(C(=O)N[C@@H](c2ccc(C)cc2)C2CC2)c1. The normalized spacial score (nSPS) is 14.8. The Morgan fingerprint density at radius 2 is 1.62 bits per heavy atom. The first-order chi connectivity index (χ1) is 11.6. The lowest BCUT2D eigenvalue weighted by Crippen LogP contribution is -2.29. The first-order valence-corrected chi connectivity index (χ1v) is 8.21. The summed E-state index contributed by atoms with van der Waals surface area (Å²) in [6, 6.07) is 13.7. The van der Waals surface area contributed by atoms with Crippen LogP contribution in [0.2, 0.25) is 0 Å². The van der Waals surface area contributed by atoms with E-state index in [1.807, 2.05) is 0 Å². The van der Waals surface area contributed by atoms with Crippen LogP contribution in [0.4, 0.5) is 0 Å². The quantitative estimate of drug-likeness (QED) is 0.876. The molecule has 1 N–H and O–H groups in total. The average Bonchev–Trinajstić information content (AvgIpc) is 3.44. The Bertz CT molecular complexity index is 698. The summed E-state index contributed by atoms with van der Waals surface area (Å²) in [7, 11) is 3.16. The molecule has 0 aliphatic heterocycles. The zero-order valence-electron chi connectivity index (χ0n) is 14.3. The monoisotopic (exact) mass is 325 g/mol. The third kappa shape index (κ3) is 3.70. The summed E-state index contributed by atoms with van der Waals surface area (Å²) in [6.07, 6.45) is 2.31. The molecule has 1 amide bonds. The number of rotatable bonds is 6. The van der Waals surface area contributed by atoms with Gasteiger partial charge < -0.3 is 14.8 Å². The fraction of sp³-hybridized carbons (Fsp3) is 0.350. The number of hydrogen-bond donors (Lipinski definition) is 1. The molecule has 3 rings (SSSR count). The second-order valence-electron chi connectivity index (χ2n) is 6.30. The van der Waals surface area contributed by atoms with Gasteiger partial charge in [-0.05, 0) is 43.4 Å².